The molecule has 0 radical (unpaired) electrons. The van der Waals surface area contributed by atoms with E-state index in [1.807, 2.05) is 0 Å². The summed E-state index contributed by atoms with van der Waals surface area (Å²) >= 11 is 5.50. The zero-order valence-electron chi connectivity index (χ0n) is 13.0. The van der Waals surface area contributed by atoms with Crippen molar-refractivity contribution in [2.24, 2.45) is 0 Å². The van der Waals surface area contributed by atoms with E-state index in [9.17, 15) is 26.7 Å². The molecule has 0 bridgehead atoms. The lowest BCUT2D eigenvalue weighted by atomic mass is 10.1. The number of halogens is 6. The first-order valence-corrected chi connectivity index (χ1v) is 7.30. The van der Waals surface area contributed by atoms with Crippen LogP contribution in [0.25, 0.3) is 0 Å². The molecule has 0 spiro atoms. The lowest BCUT2D eigenvalue weighted by molar-refractivity contribution is -0.137. The smallest absolute Gasteiger partial charge is 0.417 e. The maximum Gasteiger partial charge on any atom is 0.417 e. The Hall–Kier alpha value is -2.55. The van der Waals surface area contributed by atoms with Gasteiger partial charge in [0.05, 0.1) is 17.7 Å². The number of hydrogen-bond donors (Lipinski definition) is 1. The lowest BCUT2D eigenvalue weighted by Gasteiger charge is -2.13. The number of amides is 1. The SMILES string of the molecule is COc1ccc(C(=O)Nc2ccc(Cl)c(C(F)(F)F)c2)cc1OC(F)F. The molecule has 0 fully saturated rings. The molecule has 0 atom stereocenters. The number of anilines is 1. The largest absolute Gasteiger partial charge is 0.493 e. The van der Waals surface area contributed by atoms with Crippen molar-refractivity contribution in [2.45, 2.75) is 12.8 Å². The van der Waals surface area contributed by atoms with Crippen LogP contribution in [0.5, 0.6) is 11.5 Å². The summed E-state index contributed by atoms with van der Waals surface area (Å²) in [5.41, 5.74) is -1.41. The van der Waals surface area contributed by atoms with E-state index in [0.29, 0.717) is 6.07 Å². The number of carbonyl (C=O) groups excluding carboxylic acids is 1. The molecule has 0 aliphatic carbocycles. The van der Waals surface area contributed by atoms with Crippen molar-refractivity contribution in [3.05, 3.63) is 52.5 Å². The van der Waals surface area contributed by atoms with Crippen molar-refractivity contribution >= 4 is 23.2 Å². The second-order valence-electron chi connectivity index (χ2n) is 4.89. The van der Waals surface area contributed by atoms with Gasteiger partial charge in [0.1, 0.15) is 0 Å². The number of rotatable bonds is 5. The third-order valence-electron chi connectivity index (χ3n) is 3.17. The first-order valence-electron chi connectivity index (χ1n) is 6.92. The zero-order chi connectivity index (χ0) is 19.5. The summed E-state index contributed by atoms with van der Waals surface area (Å²) in [6.45, 7) is -3.15. The maximum atomic E-state index is 12.8. The molecular formula is C16H11ClF5NO3. The van der Waals surface area contributed by atoms with E-state index in [1.165, 1.54) is 25.3 Å². The molecule has 2 rings (SSSR count). The first kappa shape index (κ1) is 19.8. The Kier molecular flexibility index (Phi) is 5.91. The summed E-state index contributed by atoms with van der Waals surface area (Å²) in [4.78, 5) is 12.2. The average molecular weight is 396 g/mol. The predicted molar refractivity (Wildman–Crippen MR) is 84.0 cm³/mol. The summed E-state index contributed by atoms with van der Waals surface area (Å²) in [6.07, 6.45) is -4.70. The fourth-order valence-corrected chi connectivity index (χ4v) is 2.25. The van der Waals surface area contributed by atoms with E-state index in [-0.39, 0.29) is 22.7 Å². The first-order chi connectivity index (χ1) is 12.1. The quantitative estimate of drug-likeness (QED) is 0.706. The number of nitrogens with one attached hydrogen (secondary N) is 1. The maximum absolute atomic E-state index is 12.8. The Morgan fingerprint density at radius 2 is 1.81 bits per heavy atom. The molecule has 4 nitrogen and oxygen atoms in total. The summed E-state index contributed by atoms with van der Waals surface area (Å²) in [5.74, 6) is -1.25. The molecule has 26 heavy (non-hydrogen) atoms. The third kappa shape index (κ3) is 4.75. The minimum atomic E-state index is -4.70. The Morgan fingerprint density at radius 1 is 1.12 bits per heavy atom. The molecule has 0 saturated heterocycles. The van der Waals surface area contributed by atoms with E-state index >= 15 is 0 Å². The van der Waals surface area contributed by atoms with Gasteiger partial charge < -0.3 is 14.8 Å². The molecular weight excluding hydrogens is 385 g/mol. The number of alkyl halides is 5. The van der Waals surface area contributed by atoms with Gasteiger partial charge in [-0.1, -0.05) is 11.6 Å². The van der Waals surface area contributed by atoms with Gasteiger partial charge in [0.25, 0.3) is 5.91 Å². The third-order valence-corrected chi connectivity index (χ3v) is 3.50. The lowest BCUT2D eigenvalue weighted by Crippen LogP contribution is -2.14. The summed E-state index contributed by atoms with van der Waals surface area (Å²) < 4.78 is 72.5. The van der Waals surface area contributed by atoms with Gasteiger partial charge in [-0.2, -0.15) is 22.0 Å². The van der Waals surface area contributed by atoms with Crippen LogP contribution in [-0.4, -0.2) is 19.6 Å². The van der Waals surface area contributed by atoms with Crippen LogP contribution in [0.4, 0.5) is 27.6 Å². The molecule has 0 aromatic heterocycles. The van der Waals surface area contributed by atoms with Crippen LogP contribution in [0.1, 0.15) is 15.9 Å². The fourth-order valence-electron chi connectivity index (χ4n) is 2.03. The monoisotopic (exact) mass is 395 g/mol. The average Bonchev–Trinajstić information content (AvgIpc) is 2.55. The predicted octanol–water partition coefficient (Wildman–Crippen LogP) is 5.22. The highest BCUT2D eigenvalue weighted by Crippen LogP contribution is 2.36. The molecule has 0 heterocycles. The van der Waals surface area contributed by atoms with Gasteiger partial charge in [0, 0.05) is 11.3 Å². The Labute approximate surface area is 149 Å². The van der Waals surface area contributed by atoms with Crippen LogP contribution in [0.3, 0.4) is 0 Å². The molecule has 2 aromatic rings. The molecule has 2 aromatic carbocycles. The van der Waals surface area contributed by atoms with Gasteiger partial charge in [-0.25, -0.2) is 0 Å². The van der Waals surface area contributed by atoms with Gasteiger partial charge in [-0.05, 0) is 36.4 Å². The molecule has 0 unspecified atom stereocenters. The van der Waals surface area contributed by atoms with Gasteiger partial charge >= 0.3 is 12.8 Å². The Bertz CT molecular complexity index is 811. The van der Waals surface area contributed by atoms with Crippen molar-refractivity contribution in [1.29, 1.82) is 0 Å². The second-order valence-corrected chi connectivity index (χ2v) is 5.30. The van der Waals surface area contributed by atoms with Crippen molar-refractivity contribution in [2.75, 3.05) is 12.4 Å². The standard InChI is InChI=1S/C16H11ClF5NO3/c1-25-12-5-2-8(6-13(12)26-15(18)19)14(24)23-9-3-4-11(17)10(7-9)16(20,21)22/h2-7,15H,1H3,(H,23,24). The number of hydrogen-bond acceptors (Lipinski definition) is 3. The van der Waals surface area contributed by atoms with Gasteiger partial charge in [-0.15, -0.1) is 0 Å². The number of methoxy groups -OCH3 is 1. The highest BCUT2D eigenvalue weighted by molar-refractivity contribution is 6.31. The van der Waals surface area contributed by atoms with E-state index in [0.717, 1.165) is 12.1 Å². The summed E-state index contributed by atoms with van der Waals surface area (Å²) in [7, 11) is 1.22. The van der Waals surface area contributed by atoms with Gasteiger partial charge in [0.15, 0.2) is 11.5 Å². The van der Waals surface area contributed by atoms with Crippen LogP contribution < -0.4 is 14.8 Å². The fraction of sp³-hybridized carbons (Fsp3) is 0.188. The molecule has 0 aliphatic rings. The minimum Gasteiger partial charge on any atom is -0.493 e. The molecule has 10 heteroatoms. The molecule has 1 amide bonds. The highest BCUT2D eigenvalue weighted by atomic mass is 35.5. The van der Waals surface area contributed by atoms with E-state index in [2.05, 4.69) is 10.1 Å². The molecule has 140 valence electrons. The van der Waals surface area contributed by atoms with Crippen LogP contribution in [0, 0.1) is 0 Å². The van der Waals surface area contributed by atoms with Crippen molar-refractivity contribution in [3.8, 4) is 11.5 Å². The van der Waals surface area contributed by atoms with Crippen molar-refractivity contribution in [1.82, 2.24) is 0 Å². The molecule has 0 saturated carbocycles. The molecule has 0 aliphatic heterocycles. The van der Waals surface area contributed by atoms with E-state index in [1.54, 1.807) is 0 Å². The van der Waals surface area contributed by atoms with Crippen LogP contribution in [0.15, 0.2) is 36.4 Å². The second kappa shape index (κ2) is 7.77. The van der Waals surface area contributed by atoms with Gasteiger partial charge in [0.2, 0.25) is 0 Å². The highest BCUT2D eigenvalue weighted by Gasteiger charge is 2.33. The minimum absolute atomic E-state index is 0.0345. The van der Waals surface area contributed by atoms with E-state index < -0.39 is 29.3 Å². The summed E-state index contributed by atoms with van der Waals surface area (Å²) in [6, 6.07) is 6.28. The van der Waals surface area contributed by atoms with E-state index in [4.69, 9.17) is 16.3 Å². The Morgan fingerprint density at radius 3 is 2.38 bits per heavy atom. The number of benzene rings is 2. The number of carbonyl (C=O) groups is 1. The van der Waals surface area contributed by atoms with Crippen molar-refractivity contribution < 1.29 is 36.2 Å². The zero-order valence-corrected chi connectivity index (χ0v) is 13.8. The van der Waals surface area contributed by atoms with Crippen LogP contribution >= 0.6 is 11.6 Å². The van der Waals surface area contributed by atoms with Crippen molar-refractivity contribution in [3.63, 3.8) is 0 Å². The summed E-state index contributed by atoms with van der Waals surface area (Å²) in [5, 5.41) is 1.71. The van der Waals surface area contributed by atoms with Crippen LogP contribution in [-0.2, 0) is 6.18 Å². The normalized spacial score (nSPS) is 11.4. The van der Waals surface area contributed by atoms with Crippen LogP contribution in [0.2, 0.25) is 5.02 Å². The Balaban J connectivity index is 2.28. The molecule has 1 N–H and O–H groups in total. The van der Waals surface area contributed by atoms with Gasteiger partial charge in [-0.3, -0.25) is 4.79 Å². The number of ether oxygens (including phenoxy) is 2. The topological polar surface area (TPSA) is 47.6 Å².